The van der Waals surface area contributed by atoms with Crippen LogP contribution in [0.5, 0.6) is 0 Å². The highest BCUT2D eigenvalue weighted by Crippen LogP contribution is 2.27. The number of hydrogen-bond acceptors (Lipinski definition) is 5. The number of hydrogen-bond donors (Lipinski definition) is 2. The zero-order valence-corrected chi connectivity index (χ0v) is 16.5. The number of nitrogens with zero attached hydrogens (tertiary/aromatic N) is 4. The fraction of sp³-hybridized carbons (Fsp3) is 0.400. The molecule has 2 aromatic rings. The molecular formula is C20H26N6O2. The number of rotatable bonds is 3. The first kappa shape index (κ1) is 19.6. The summed E-state index contributed by atoms with van der Waals surface area (Å²) in [6.07, 6.45) is 3.34. The largest absolute Gasteiger partial charge is 0.368 e. The number of nitrogens with two attached hydrogens (primary N) is 1. The predicted molar refractivity (Wildman–Crippen MR) is 108 cm³/mol. The van der Waals surface area contributed by atoms with Gasteiger partial charge in [-0.05, 0) is 49.6 Å². The van der Waals surface area contributed by atoms with Crippen LogP contribution in [0, 0.1) is 6.92 Å². The fourth-order valence-electron chi connectivity index (χ4n) is 3.38. The Labute approximate surface area is 164 Å². The minimum atomic E-state index is -0.129. The van der Waals surface area contributed by atoms with Crippen molar-refractivity contribution in [3.05, 3.63) is 47.3 Å². The Bertz CT molecular complexity index is 875. The van der Waals surface area contributed by atoms with Gasteiger partial charge in [-0.15, -0.1) is 0 Å². The number of nitrogens with one attached hydrogen (secondary N) is 1. The van der Waals surface area contributed by atoms with Gasteiger partial charge in [0, 0.05) is 56.2 Å². The van der Waals surface area contributed by atoms with Gasteiger partial charge >= 0.3 is 6.03 Å². The highest BCUT2D eigenvalue weighted by atomic mass is 16.2. The first-order valence-corrected chi connectivity index (χ1v) is 9.32. The Morgan fingerprint density at radius 3 is 2.54 bits per heavy atom. The number of nitrogen functional groups attached to an aromatic ring is 1. The zero-order valence-electron chi connectivity index (χ0n) is 16.5. The van der Waals surface area contributed by atoms with Crippen LogP contribution in [0.15, 0.2) is 30.5 Å². The molecule has 0 spiro atoms. The summed E-state index contributed by atoms with van der Waals surface area (Å²) in [7, 11) is 3.43. The monoisotopic (exact) mass is 382 g/mol. The van der Waals surface area contributed by atoms with Gasteiger partial charge in [-0.1, -0.05) is 0 Å². The molecule has 3 rings (SSSR count). The number of piperidine rings is 1. The summed E-state index contributed by atoms with van der Waals surface area (Å²) in [5.74, 6) is 0.505. The van der Waals surface area contributed by atoms with E-state index in [-0.39, 0.29) is 23.8 Å². The van der Waals surface area contributed by atoms with Gasteiger partial charge in [-0.3, -0.25) is 4.79 Å². The molecule has 1 aliphatic heterocycles. The van der Waals surface area contributed by atoms with E-state index in [2.05, 4.69) is 15.3 Å². The normalized spacial score (nSPS) is 14.6. The molecule has 1 aliphatic rings. The van der Waals surface area contributed by atoms with Gasteiger partial charge in [0.05, 0.1) is 0 Å². The summed E-state index contributed by atoms with van der Waals surface area (Å²) >= 11 is 0. The highest BCUT2D eigenvalue weighted by Gasteiger charge is 2.25. The lowest BCUT2D eigenvalue weighted by Crippen LogP contribution is -2.40. The Balaban J connectivity index is 1.59. The molecule has 8 heteroatoms. The van der Waals surface area contributed by atoms with Crippen LogP contribution in [0.4, 0.5) is 16.4 Å². The van der Waals surface area contributed by atoms with Crippen LogP contribution in [0.2, 0.25) is 0 Å². The quantitative estimate of drug-likeness (QED) is 0.849. The Kier molecular flexibility index (Phi) is 5.77. The van der Waals surface area contributed by atoms with E-state index in [1.165, 1.54) is 4.90 Å². The molecule has 2 heterocycles. The maximum absolute atomic E-state index is 12.6. The summed E-state index contributed by atoms with van der Waals surface area (Å²) in [6.45, 7) is 3.18. The lowest BCUT2D eigenvalue weighted by molar-refractivity contribution is 0.0827. The van der Waals surface area contributed by atoms with Gasteiger partial charge in [0.25, 0.3) is 5.91 Å². The van der Waals surface area contributed by atoms with Crippen molar-refractivity contribution in [1.82, 2.24) is 19.8 Å². The Morgan fingerprint density at radius 1 is 1.21 bits per heavy atom. The number of amides is 3. The molecule has 0 bridgehead atoms. The third kappa shape index (κ3) is 4.39. The maximum Gasteiger partial charge on any atom is 0.321 e. The number of carbonyl (C=O) groups excluding carboxylic acids is 2. The number of carbonyl (C=O) groups is 2. The molecule has 0 saturated carbocycles. The molecule has 1 aromatic carbocycles. The molecular weight excluding hydrogens is 356 g/mol. The molecule has 0 radical (unpaired) electrons. The van der Waals surface area contributed by atoms with Crippen molar-refractivity contribution in [3.63, 3.8) is 0 Å². The van der Waals surface area contributed by atoms with Crippen LogP contribution in [-0.2, 0) is 0 Å². The van der Waals surface area contributed by atoms with E-state index in [1.807, 2.05) is 13.0 Å². The SMILES string of the molecule is Cc1cc(C(=O)N(C)C)ccc1NC(=O)N1CCC(c2ccnc(N)n2)CC1. The van der Waals surface area contributed by atoms with E-state index < -0.39 is 0 Å². The van der Waals surface area contributed by atoms with E-state index in [0.717, 1.165) is 24.1 Å². The van der Waals surface area contributed by atoms with E-state index in [4.69, 9.17) is 5.73 Å². The molecule has 3 amide bonds. The first-order chi connectivity index (χ1) is 13.3. The van der Waals surface area contributed by atoms with Gasteiger partial charge in [-0.2, -0.15) is 0 Å². The number of aryl methyl sites for hydroxylation is 1. The molecule has 3 N–H and O–H groups in total. The number of likely N-dealkylation sites (tertiary alicyclic amines) is 1. The maximum atomic E-state index is 12.6. The van der Waals surface area contributed by atoms with Crippen molar-refractivity contribution in [2.45, 2.75) is 25.7 Å². The second kappa shape index (κ2) is 8.24. The van der Waals surface area contributed by atoms with Crippen molar-refractivity contribution in [2.75, 3.05) is 38.2 Å². The average Bonchev–Trinajstić information content (AvgIpc) is 2.69. The van der Waals surface area contributed by atoms with Crippen molar-refractivity contribution in [2.24, 2.45) is 0 Å². The van der Waals surface area contributed by atoms with Crippen LogP contribution in [0.3, 0.4) is 0 Å². The van der Waals surface area contributed by atoms with E-state index in [9.17, 15) is 9.59 Å². The number of urea groups is 1. The summed E-state index contributed by atoms with van der Waals surface area (Å²) in [4.78, 5) is 36.3. The first-order valence-electron chi connectivity index (χ1n) is 9.32. The molecule has 8 nitrogen and oxygen atoms in total. The van der Waals surface area contributed by atoms with Gasteiger partial charge in [0.15, 0.2) is 0 Å². The summed E-state index contributed by atoms with van der Waals surface area (Å²) < 4.78 is 0. The highest BCUT2D eigenvalue weighted by molar-refractivity contribution is 5.96. The standard InChI is InChI=1S/C20H26N6O2/c1-13-12-15(18(27)25(2)3)4-5-16(13)24-20(28)26-10-7-14(8-11-26)17-6-9-22-19(21)23-17/h4-6,9,12,14H,7-8,10-11H2,1-3H3,(H,24,28)(H2,21,22,23). The van der Waals surface area contributed by atoms with Crippen LogP contribution < -0.4 is 11.1 Å². The number of aromatic nitrogens is 2. The van der Waals surface area contributed by atoms with Crippen molar-refractivity contribution >= 4 is 23.6 Å². The Morgan fingerprint density at radius 2 is 1.93 bits per heavy atom. The predicted octanol–water partition coefficient (Wildman–Crippen LogP) is 2.48. The molecule has 0 unspecified atom stereocenters. The van der Waals surface area contributed by atoms with Crippen LogP contribution in [0.1, 0.15) is 40.4 Å². The molecule has 148 valence electrons. The fourth-order valence-corrected chi connectivity index (χ4v) is 3.38. The van der Waals surface area contributed by atoms with E-state index in [1.54, 1.807) is 43.4 Å². The molecule has 28 heavy (non-hydrogen) atoms. The third-order valence-corrected chi connectivity index (χ3v) is 5.02. The lowest BCUT2D eigenvalue weighted by Gasteiger charge is -2.32. The van der Waals surface area contributed by atoms with Crippen molar-refractivity contribution in [3.8, 4) is 0 Å². The Hall–Kier alpha value is -3.16. The number of benzene rings is 1. The number of anilines is 2. The summed E-state index contributed by atoms with van der Waals surface area (Å²) in [5.41, 5.74) is 8.77. The second-order valence-electron chi connectivity index (χ2n) is 7.26. The summed E-state index contributed by atoms with van der Waals surface area (Å²) in [6, 6.07) is 7.06. The van der Waals surface area contributed by atoms with Gasteiger partial charge in [0.2, 0.25) is 5.95 Å². The lowest BCUT2D eigenvalue weighted by atomic mass is 9.93. The van der Waals surface area contributed by atoms with Crippen LogP contribution in [0.25, 0.3) is 0 Å². The smallest absolute Gasteiger partial charge is 0.321 e. The molecule has 0 aliphatic carbocycles. The summed E-state index contributed by atoms with van der Waals surface area (Å²) in [5, 5.41) is 2.96. The minimum Gasteiger partial charge on any atom is -0.368 e. The van der Waals surface area contributed by atoms with E-state index in [0.29, 0.717) is 24.3 Å². The third-order valence-electron chi connectivity index (χ3n) is 5.02. The van der Waals surface area contributed by atoms with Crippen molar-refractivity contribution in [1.29, 1.82) is 0 Å². The van der Waals surface area contributed by atoms with E-state index >= 15 is 0 Å². The topological polar surface area (TPSA) is 104 Å². The van der Waals surface area contributed by atoms with Gasteiger partial charge in [-0.25, -0.2) is 14.8 Å². The average molecular weight is 382 g/mol. The molecule has 1 aromatic heterocycles. The van der Waals surface area contributed by atoms with Gasteiger partial charge < -0.3 is 20.9 Å². The molecule has 0 atom stereocenters. The minimum absolute atomic E-state index is 0.0617. The zero-order chi connectivity index (χ0) is 20.3. The molecule has 1 fully saturated rings. The van der Waals surface area contributed by atoms with Gasteiger partial charge in [0.1, 0.15) is 0 Å². The second-order valence-corrected chi connectivity index (χ2v) is 7.26. The van der Waals surface area contributed by atoms with Crippen LogP contribution in [-0.4, -0.2) is 58.9 Å². The van der Waals surface area contributed by atoms with Crippen LogP contribution >= 0.6 is 0 Å². The molecule has 1 saturated heterocycles. The van der Waals surface area contributed by atoms with Crippen molar-refractivity contribution < 1.29 is 9.59 Å².